The van der Waals surface area contributed by atoms with Crippen LogP contribution in [0.2, 0.25) is 0 Å². The molecule has 0 saturated heterocycles. The summed E-state index contributed by atoms with van der Waals surface area (Å²) in [5.74, 6) is -2.51. The predicted octanol–water partition coefficient (Wildman–Crippen LogP) is 4.85. The summed E-state index contributed by atoms with van der Waals surface area (Å²) in [5, 5.41) is 0. The van der Waals surface area contributed by atoms with Crippen molar-refractivity contribution in [2.45, 2.75) is 57.3 Å². The van der Waals surface area contributed by atoms with E-state index in [9.17, 15) is 8.78 Å². The number of alkyl halides is 2. The molecule has 98 valence electrons. The molecule has 18 heavy (non-hydrogen) atoms. The number of halogens is 2. The number of aryl methyl sites for hydroxylation is 1. The Labute approximate surface area is 107 Å². The van der Waals surface area contributed by atoms with Crippen molar-refractivity contribution >= 4 is 0 Å². The third-order valence-corrected chi connectivity index (χ3v) is 5.42. The summed E-state index contributed by atoms with van der Waals surface area (Å²) >= 11 is 0. The number of hydrogen-bond acceptors (Lipinski definition) is 0. The van der Waals surface area contributed by atoms with E-state index in [0.29, 0.717) is 12.8 Å². The smallest absolute Gasteiger partial charge is 0.206 e. The molecule has 3 aliphatic carbocycles. The van der Waals surface area contributed by atoms with Crippen LogP contribution in [0, 0.1) is 12.3 Å². The Kier molecular flexibility index (Phi) is 2.39. The molecule has 0 atom stereocenters. The van der Waals surface area contributed by atoms with Gasteiger partial charge in [0.2, 0.25) is 0 Å². The van der Waals surface area contributed by atoms with Crippen molar-refractivity contribution in [1.82, 2.24) is 0 Å². The minimum Gasteiger partial charge on any atom is -0.206 e. The molecule has 0 amide bonds. The van der Waals surface area contributed by atoms with Crippen LogP contribution >= 0.6 is 0 Å². The largest absolute Gasteiger partial charge is 0.254 e. The van der Waals surface area contributed by atoms with Gasteiger partial charge in [0.15, 0.2) is 0 Å². The van der Waals surface area contributed by atoms with E-state index in [1.54, 1.807) is 6.92 Å². The Morgan fingerprint density at radius 2 is 1.50 bits per heavy atom. The normalized spacial score (nSPS) is 37.8. The second-order valence-electron chi connectivity index (χ2n) is 6.59. The topological polar surface area (TPSA) is 0 Å². The van der Waals surface area contributed by atoms with Crippen molar-refractivity contribution < 1.29 is 8.78 Å². The zero-order chi connectivity index (χ0) is 13.0. The van der Waals surface area contributed by atoms with Gasteiger partial charge in [0, 0.05) is 17.3 Å². The Balaban J connectivity index is 2.00. The average Bonchev–Trinajstić information content (AvgIpc) is 2.32. The summed E-state index contributed by atoms with van der Waals surface area (Å²) in [6.45, 7) is 3.81. The molecule has 0 unspecified atom stereocenters. The minimum atomic E-state index is -2.51. The highest BCUT2D eigenvalue weighted by Gasteiger charge is 2.62. The van der Waals surface area contributed by atoms with Crippen LogP contribution in [0.5, 0.6) is 0 Å². The zero-order valence-electron chi connectivity index (χ0n) is 11.1. The van der Waals surface area contributed by atoms with E-state index in [0.717, 1.165) is 18.4 Å². The van der Waals surface area contributed by atoms with Crippen molar-refractivity contribution in [1.29, 1.82) is 0 Å². The van der Waals surface area contributed by atoms with Gasteiger partial charge >= 0.3 is 0 Å². The lowest BCUT2D eigenvalue weighted by Gasteiger charge is -2.56. The highest BCUT2D eigenvalue weighted by atomic mass is 19.3. The molecule has 0 radical (unpaired) electrons. The van der Waals surface area contributed by atoms with Crippen LogP contribution in [-0.2, 0) is 5.41 Å². The maximum atomic E-state index is 14.3. The highest BCUT2D eigenvalue weighted by Crippen LogP contribution is 2.63. The molecular weight excluding hydrogens is 230 g/mol. The maximum absolute atomic E-state index is 14.3. The van der Waals surface area contributed by atoms with Gasteiger partial charge in [-0.05, 0) is 38.2 Å². The van der Waals surface area contributed by atoms with Crippen LogP contribution in [0.1, 0.15) is 50.2 Å². The van der Waals surface area contributed by atoms with Gasteiger partial charge in [-0.25, -0.2) is 8.78 Å². The fourth-order valence-electron chi connectivity index (χ4n) is 3.76. The van der Waals surface area contributed by atoms with Crippen molar-refractivity contribution in [2.75, 3.05) is 0 Å². The molecule has 0 N–H and O–H groups in total. The number of benzene rings is 1. The molecule has 0 spiro atoms. The van der Waals surface area contributed by atoms with Gasteiger partial charge in [0.25, 0.3) is 5.92 Å². The summed E-state index contributed by atoms with van der Waals surface area (Å²) in [4.78, 5) is 0. The highest BCUT2D eigenvalue weighted by molar-refractivity contribution is 5.32. The molecule has 1 aromatic rings. The average molecular weight is 250 g/mol. The van der Waals surface area contributed by atoms with Crippen molar-refractivity contribution in [3.8, 4) is 0 Å². The van der Waals surface area contributed by atoms with Crippen molar-refractivity contribution in [2.24, 2.45) is 5.41 Å². The Morgan fingerprint density at radius 1 is 0.944 bits per heavy atom. The van der Waals surface area contributed by atoms with Gasteiger partial charge in [-0.3, -0.25) is 0 Å². The lowest BCUT2D eigenvalue weighted by molar-refractivity contribution is -0.194. The van der Waals surface area contributed by atoms with Gasteiger partial charge < -0.3 is 0 Å². The minimum absolute atomic E-state index is 0.0412. The van der Waals surface area contributed by atoms with E-state index in [2.05, 4.69) is 12.1 Å². The van der Waals surface area contributed by atoms with Crippen molar-refractivity contribution in [3.63, 3.8) is 0 Å². The number of fused-ring (bicyclic) bond motifs is 3. The summed E-state index contributed by atoms with van der Waals surface area (Å²) in [7, 11) is 0. The van der Waals surface area contributed by atoms with E-state index in [4.69, 9.17) is 0 Å². The second-order valence-corrected chi connectivity index (χ2v) is 6.59. The molecule has 3 saturated carbocycles. The van der Waals surface area contributed by atoms with Crippen molar-refractivity contribution in [3.05, 3.63) is 35.4 Å². The summed E-state index contributed by atoms with van der Waals surface area (Å²) in [6, 6.07) is 8.20. The van der Waals surface area contributed by atoms with Crippen LogP contribution in [0.25, 0.3) is 0 Å². The van der Waals surface area contributed by atoms with Gasteiger partial charge in [-0.2, -0.15) is 0 Å². The molecule has 2 bridgehead atoms. The van der Waals surface area contributed by atoms with Gasteiger partial charge in [0.05, 0.1) is 0 Å². The molecule has 0 aromatic heterocycles. The Morgan fingerprint density at radius 3 is 2.00 bits per heavy atom. The predicted molar refractivity (Wildman–Crippen MR) is 69.0 cm³/mol. The summed E-state index contributed by atoms with van der Waals surface area (Å²) < 4.78 is 28.6. The summed E-state index contributed by atoms with van der Waals surface area (Å²) in [6.07, 6.45) is 3.20. The fraction of sp³-hybridized carbons (Fsp3) is 0.625. The molecule has 0 heterocycles. The Hall–Kier alpha value is -0.920. The lowest BCUT2D eigenvalue weighted by Crippen LogP contribution is -2.55. The fourth-order valence-corrected chi connectivity index (χ4v) is 3.76. The molecule has 2 heteroatoms. The van der Waals surface area contributed by atoms with Gasteiger partial charge in [0.1, 0.15) is 0 Å². The van der Waals surface area contributed by atoms with E-state index < -0.39 is 11.3 Å². The van der Waals surface area contributed by atoms with Crippen LogP contribution < -0.4 is 0 Å². The SMILES string of the molecule is Cc1ccc(C23CCC(C)(CC2)C(F)(F)C3)cc1. The van der Waals surface area contributed by atoms with E-state index in [1.807, 2.05) is 19.1 Å². The van der Waals surface area contributed by atoms with Gasteiger partial charge in [-0.15, -0.1) is 0 Å². The summed E-state index contributed by atoms with van der Waals surface area (Å²) in [5.41, 5.74) is 1.29. The quantitative estimate of drug-likeness (QED) is 0.668. The van der Waals surface area contributed by atoms with Crippen LogP contribution in [-0.4, -0.2) is 5.92 Å². The third kappa shape index (κ3) is 1.54. The first kappa shape index (κ1) is 12.1. The third-order valence-electron chi connectivity index (χ3n) is 5.42. The molecule has 4 rings (SSSR count). The molecule has 0 aliphatic heterocycles. The van der Waals surface area contributed by atoms with E-state index in [-0.39, 0.29) is 11.8 Å². The molecule has 3 fully saturated rings. The van der Waals surface area contributed by atoms with Crippen LogP contribution in [0.4, 0.5) is 8.78 Å². The first-order chi connectivity index (χ1) is 8.37. The van der Waals surface area contributed by atoms with Crippen LogP contribution in [0.15, 0.2) is 24.3 Å². The lowest BCUT2D eigenvalue weighted by atomic mass is 9.51. The number of hydrogen-bond donors (Lipinski definition) is 0. The molecular formula is C16H20F2. The monoisotopic (exact) mass is 250 g/mol. The van der Waals surface area contributed by atoms with Gasteiger partial charge in [-0.1, -0.05) is 36.8 Å². The molecule has 1 aromatic carbocycles. The first-order valence-electron chi connectivity index (χ1n) is 6.82. The standard InChI is InChI=1S/C16H20F2/c1-12-3-5-13(6-4-12)15-9-7-14(2,8-10-15)16(17,18)11-15/h3-6H,7-11H2,1-2H3. The van der Waals surface area contributed by atoms with E-state index >= 15 is 0 Å². The Bertz CT molecular complexity index is 450. The molecule has 0 nitrogen and oxygen atoms in total. The second kappa shape index (κ2) is 3.55. The maximum Gasteiger partial charge on any atom is 0.254 e. The van der Waals surface area contributed by atoms with Crippen LogP contribution in [0.3, 0.4) is 0 Å². The van der Waals surface area contributed by atoms with E-state index in [1.165, 1.54) is 5.56 Å². The first-order valence-corrected chi connectivity index (χ1v) is 6.82. The molecule has 3 aliphatic rings. The number of rotatable bonds is 1. The zero-order valence-corrected chi connectivity index (χ0v) is 11.1.